The smallest absolute Gasteiger partial charge is 0.494 e. The number of hydrogen-bond acceptors (Lipinski definition) is 2. The Morgan fingerprint density at radius 3 is 1.49 bits per heavy atom. The summed E-state index contributed by atoms with van der Waals surface area (Å²) in [5, 5.41) is 0. The molecule has 3 fully saturated rings. The van der Waals surface area contributed by atoms with Crippen molar-refractivity contribution in [3.05, 3.63) is 51.3 Å². The first kappa shape index (κ1) is 38.4. The maximum atomic E-state index is 5.43. The number of nitrogens with zero attached hydrogens (tertiary/aromatic N) is 2. The van der Waals surface area contributed by atoms with Gasteiger partial charge >= 0.3 is 26.2 Å². The van der Waals surface area contributed by atoms with Crippen molar-refractivity contribution in [2.45, 2.75) is 112 Å². The summed E-state index contributed by atoms with van der Waals surface area (Å²) in [4.78, 5) is 10.5. The van der Waals surface area contributed by atoms with Crippen LogP contribution in [0, 0.1) is 74.2 Å². The summed E-state index contributed by atoms with van der Waals surface area (Å²) in [7, 11) is 0. The molecule has 0 heterocycles. The quantitative estimate of drug-likeness (QED) is 0.234. The summed E-state index contributed by atoms with van der Waals surface area (Å²) in [5.41, 5.74) is 1.19. The summed E-state index contributed by atoms with van der Waals surface area (Å²) in [6, 6.07) is 13.4. The summed E-state index contributed by atoms with van der Waals surface area (Å²) in [6.45, 7) is 19.5. The van der Waals surface area contributed by atoms with Crippen LogP contribution in [0.1, 0.15) is 100 Å². The SMILES string of the molecule is CC1CCCC(C)C1N=[C-]C(CC1C(C)C(C)C(C)[C@@H]1C)=NC1C(C)CCCC1C.[CH3-].[CH3-].[Zr+4].[c-]1ccccc1. The van der Waals surface area contributed by atoms with Gasteiger partial charge in [-0.1, -0.05) is 68.2 Å². The van der Waals surface area contributed by atoms with E-state index < -0.39 is 0 Å². The van der Waals surface area contributed by atoms with E-state index in [9.17, 15) is 0 Å². The van der Waals surface area contributed by atoms with E-state index >= 15 is 0 Å². The van der Waals surface area contributed by atoms with E-state index in [1.807, 2.05) is 30.3 Å². The van der Waals surface area contributed by atoms with Gasteiger partial charge in [0.25, 0.3) is 0 Å². The molecule has 3 heteroatoms. The van der Waals surface area contributed by atoms with Crippen molar-refractivity contribution in [3.8, 4) is 0 Å². The predicted molar refractivity (Wildman–Crippen MR) is 170 cm³/mol. The number of benzene rings is 1. The van der Waals surface area contributed by atoms with Crippen LogP contribution in [0.4, 0.5) is 0 Å². The molecule has 9 atom stereocenters. The summed E-state index contributed by atoms with van der Waals surface area (Å²) in [5.74, 6) is 6.57. The van der Waals surface area contributed by atoms with E-state index in [1.165, 1.54) is 44.2 Å². The predicted octanol–water partition coefficient (Wildman–Crippen LogP) is 9.97. The molecule has 39 heavy (non-hydrogen) atoms. The average molecular weight is 612 g/mol. The van der Waals surface area contributed by atoms with Gasteiger partial charge in [0.05, 0.1) is 6.04 Å². The molecule has 8 unspecified atom stereocenters. The van der Waals surface area contributed by atoms with Crippen LogP contribution >= 0.6 is 0 Å². The monoisotopic (exact) mass is 610 g/mol. The Morgan fingerprint density at radius 1 is 0.667 bits per heavy atom. The number of rotatable bonds is 5. The minimum Gasteiger partial charge on any atom is -0.494 e. The van der Waals surface area contributed by atoms with Crippen molar-refractivity contribution in [1.29, 1.82) is 0 Å². The van der Waals surface area contributed by atoms with Crippen molar-refractivity contribution in [2.24, 2.45) is 63.2 Å². The van der Waals surface area contributed by atoms with Gasteiger partial charge in [-0.15, -0.1) is 5.71 Å². The van der Waals surface area contributed by atoms with E-state index in [2.05, 4.69) is 67.7 Å². The van der Waals surface area contributed by atoms with E-state index in [4.69, 9.17) is 9.98 Å². The molecule has 3 aliphatic rings. The largest absolute Gasteiger partial charge is 4.00 e. The molecule has 1 aromatic rings. The van der Waals surface area contributed by atoms with Crippen molar-refractivity contribution >= 4 is 11.9 Å². The van der Waals surface area contributed by atoms with Crippen LogP contribution in [0.15, 0.2) is 40.3 Å². The van der Waals surface area contributed by atoms with Gasteiger partial charge in [0.2, 0.25) is 0 Å². The molecule has 0 spiro atoms. The molecule has 3 aliphatic carbocycles. The van der Waals surface area contributed by atoms with Gasteiger partial charge < -0.3 is 31.1 Å². The second-order valence-electron chi connectivity index (χ2n) is 13.0. The van der Waals surface area contributed by atoms with Crippen LogP contribution in [-0.4, -0.2) is 24.0 Å². The van der Waals surface area contributed by atoms with E-state index in [1.54, 1.807) is 0 Å². The molecule has 0 aliphatic heterocycles. The third-order valence-electron chi connectivity index (χ3n) is 10.5. The van der Waals surface area contributed by atoms with Crippen LogP contribution in [0.3, 0.4) is 0 Å². The Kier molecular flexibility index (Phi) is 18.5. The fourth-order valence-electron chi connectivity index (χ4n) is 7.45. The normalized spacial score (nSPS) is 38.5. The van der Waals surface area contributed by atoms with Gasteiger partial charge in [0, 0.05) is 6.04 Å². The summed E-state index contributed by atoms with van der Waals surface area (Å²) < 4.78 is 0. The molecule has 0 aromatic heterocycles. The molecule has 3 saturated carbocycles. The molecule has 0 bridgehead atoms. The molecule has 4 rings (SSSR count). The molecule has 0 amide bonds. The van der Waals surface area contributed by atoms with Gasteiger partial charge in [0.15, 0.2) is 0 Å². The Morgan fingerprint density at radius 2 is 1.10 bits per heavy atom. The van der Waals surface area contributed by atoms with Crippen LogP contribution in [0.25, 0.3) is 0 Å². The average Bonchev–Trinajstić information content (AvgIpc) is 3.05. The molecule has 0 N–H and O–H groups in total. The Hall–Kier alpha value is -0.557. The van der Waals surface area contributed by atoms with Crippen LogP contribution in [0.5, 0.6) is 0 Å². The third kappa shape index (κ3) is 10.7. The first-order valence-electron chi connectivity index (χ1n) is 15.1. The molecular weight excluding hydrogens is 552 g/mol. The minimum absolute atomic E-state index is 0. The Bertz CT molecular complexity index is 760. The fourth-order valence-corrected chi connectivity index (χ4v) is 7.45. The van der Waals surface area contributed by atoms with Crippen molar-refractivity contribution in [2.75, 3.05) is 0 Å². The zero-order valence-corrected chi connectivity index (χ0v) is 29.5. The second-order valence-corrected chi connectivity index (χ2v) is 13.0. The summed E-state index contributed by atoms with van der Waals surface area (Å²) in [6.07, 6.45) is 12.7. The first-order chi connectivity index (χ1) is 17.2. The Labute approximate surface area is 263 Å². The minimum atomic E-state index is 0. The summed E-state index contributed by atoms with van der Waals surface area (Å²) >= 11 is 0. The topological polar surface area (TPSA) is 24.7 Å². The van der Waals surface area contributed by atoms with Crippen molar-refractivity contribution in [1.82, 2.24) is 0 Å². The van der Waals surface area contributed by atoms with Gasteiger partial charge in [0.1, 0.15) is 0 Å². The molecule has 0 radical (unpaired) electrons. The van der Waals surface area contributed by atoms with E-state index in [0.717, 1.165) is 30.1 Å². The first-order valence-corrected chi connectivity index (χ1v) is 15.1. The van der Waals surface area contributed by atoms with Crippen LogP contribution < -0.4 is 0 Å². The molecular formula is C36H60N2Zr. The maximum absolute atomic E-state index is 5.43. The molecule has 1 aromatic carbocycles. The molecule has 218 valence electrons. The second kappa shape index (κ2) is 18.8. The van der Waals surface area contributed by atoms with Gasteiger partial charge in [-0.3, -0.25) is 0 Å². The number of aliphatic imine (C=N–C) groups is 2. The maximum Gasteiger partial charge on any atom is 4.00 e. The van der Waals surface area contributed by atoms with E-state index in [0.29, 0.717) is 41.7 Å². The van der Waals surface area contributed by atoms with Crippen LogP contribution in [-0.2, 0) is 26.2 Å². The van der Waals surface area contributed by atoms with Gasteiger partial charge in [-0.25, -0.2) is 0 Å². The molecule has 0 saturated heterocycles. The van der Waals surface area contributed by atoms with Gasteiger partial charge in [-0.05, 0) is 85.4 Å². The zero-order chi connectivity index (χ0) is 26.2. The van der Waals surface area contributed by atoms with Crippen LogP contribution in [0.2, 0.25) is 0 Å². The Balaban J connectivity index is 0.00000142. The third-order valence-corrected chi connectivity index (χ3v) is 10.5. The van der Waals surface area contributed by atoms with Crippen molar-refractivity contribution in [3.63, 3.8) is 0 Å². The zero-order valence-electron chi connectivity index (χ0n) is 27.1. The van der Waals surface area contributed by atoms with Gasteiger partial charge in [-0.2, -0.15) is 36.4 Å². The van der Waals surface area contributed by atoms with E-state index in [-0.39, 0.29) is 41.1 Å². The fraction of sp³-hybridized carbons (Fsp3) is 0.722. The molecule has 2 nitrogen and oxygen atoms in total. The van der Waals surface area contributed by atoms with Crippen molar-refractivity contribution < 1.29 is 26.2 Å². The standard InChI is InChI=1S/C28H49N2.C6H5.2CH3.Zr/c1-17-11-9-12-18(2)27(17)29-16-25(30-28-19(3)13-10-14-20(28)4)15-26-23(7)21(5)22(6)24(26)8;1-2-4-6-5-3-1;;;/h17-24,26-28H,9-15H2,1-8H3;1-5H;2*1H3;/q4*-1;+4/t17?,18?,19?,20?,21?,22?,23-,24?,26?,27?,28?;;;;/m0..../s1. The number of hydrogen-bond donors (Lipinski definition) is 0.